The number of Topliss-reactive ketones (excluding diaryl/α,β-unsaturated/α-hetero) is 1. The summed E-state index contributed by atoms with van der Waals surface area (Å²) < 4.78 is 5.46. The second-order valence-electron chi connectivity index (χ2n) is 3.90. The highest BCUT2D eigenvalue weighted by molar-refractivity contribution is 7.98. The molecule has 0 saturated heterocycles. The minimum absolute atomic E-state index is 0.430. The van der Waals surface area contributed by atoms with Crippen LogP contribution < -0.4 is 0 Å². The second-order valence-corrected chi connectivity index (χ2v) is 4.89. The van der Waals surface area contributed by atoms with Crippen molar-refractivity contribution < 1.29 is 9.53 Å². The van der Waals surface area contributed by atoms with Crippen LogP contribution >= 0.6 is 11.8 Å². The van der Waals surface area contributed by atoms with E-state index in [0.717, 1.165) is 38.0 Å². The Kier molecular flexibility index (Phi) is 5.56. The Bertz CT molecular complexity index is 176. The molecule has 1 aliphatic carbocycles. The van der Waals surface area contributed by atoms with Crippen molar-refractivity contribution in [2.75, 3.05) is 18.6 Å². The summed E-state index contributed by atoms with van der Waals surface area (Å²) in [5, 5.41) is 0. The maximum Gasteiger partial charge on any atom is 0.134 e. The van der Waals surface area contributed by atoms with Crippen molar-refractivity contribution in [3.8, 4) is 0 Å². The largest absolute Gasteiger partial charge is 0.378 e. The zero-order valence-corrected chi connectivity index (χ0v) is 9.94. The van der Waals surface area contributed by atoms with Crippen LogP contribution in [0.1, 0.15) is 32.6 Å². The van der Waals surface area contributed by atoms with Crippen molar-refractivity contribution in [3.63, 3.8) is 0 Å². The first kappa shape index (κ1) is 12.1. The zero-order valence-electron chi connectivity index (χ0n) is 9.12. The minimum atomic E-state index is 0.430. The Hall–Kier alpha value is -0.0200. The number of rotatable bonds is 7. The minimum Gasteiger partial charge on any atom is -0.378 e. The molecule has 0 bridgehead atoms. The van der Waals surface area contributed by atoms with E-state index in [-0.39, 0.29) is 0 Å². The standard InChI is InChI=1S/C11H20O2S/c1-3-13-11-7-9(8-11)6-10(12)4-5-14-2/h9,11H,3-8H2,1-2H3. The van der Waals surface area contributed by atoms with Crippen LogP contribution in [-0.2, 0) is 9.53 Å². The lowest BCUT2D eigenvalue weighted by molar-refractivity contribution is -0.121. The number of ether oxygens (including phenoxy) is 1. The normalized spacial score (nSPS) is 25.9. The van der Waals surface area contributed by atoms with E-state index in [9.17, 15) is 4.79 Å². The molecule has 0 N–H and O–H groups in total. The zero-order chi connectivity index (χ0) is 10.4. The van der Waals surface area contributed by atoms with Gasteiger partial charge in [-0.25, -0.2) is 0 Å². The average Bonchev–Trinajstić information content (AvgIpc) is 2.11. The van der Waals surface area contributed by atoms with Gasteiger partial charge in [-0.15, -0.1) is 0 Å². The maximum absolute atomic E-state index is 11.4. The van der Waals surface area contributed by atoms with Crippen LogP contribution in [0.15, 0.2) is 0 Å². The van der Waals surface area contributed by atoms with Gasteiger partial charge >= 0.3 is 0 Å². The molecule has 1 aliphatic rings. The van der Waals surface area contributed by atoms with Crippen LogP contribution in [0, 0.1) is 5.92 Å². The fraction of sp³-hybridized carbons (Fsp3) is 0.909. The number of carbonyl (C=O) groups is 1. The third kappa shape index (κ3) is 4.01. The van der Waals surface area contributed by atoms with Crippen LogP contribution in [0.2, 0.25) is 0 Å². The maximum atomic E-state index is 11.4. The molecule has 0 unspecified atom stereocenters. The molecule has 1 saturated carbocycles. The van der Waals surface area contributed by atoms with Gasteiger partial charge < -0.3 is 4.74 Å². The first-order valence-electron chi connectivity index (χ1n) is 5.38. The summed E-state index contributed by atoms with van der Waals surface area (Å²) in [4.78, 5) is 11.4. The monoisotopic (exact) mass is 216 g/mol. The number of thioether (sulfide) groups is 1. The first-order chi connectivity index (χ1) is 6.76. The van der Waals surface area contributed by atoms with E-state index < -0.39 is 0 Å². The summed E-state index contributed by atoms with van der Waals surface area (Å²) in [6.07, 6.45) is 6.21. The predicted molar refractivity (Wildman–Crippen MR) is 60.8 cm³/mol. The fourth-order valence-electron chi connectivity index (χ4n) is 1.85. The Morgan fingerprint density at radius 2 is 2.21 bits per heavy atom. The van der Waals surface area contributed by atoms with Gasteiger partial charge in [0.05, 0.1) is 6.10 Å². The lowest BCUT2D eigenvalue weighted by Crippen LogP contribution is -2.32. The van der Waals surface area contributed by atoms with Crippen LogP contribution in [0.25, 0.3) is 0 Å². The van der Waals surface area contributed by atoms with E-state index in [1.807, 2.05) is 13.2 Å². The van der Waals surface area contributed by atoms with Crippen molar-refractivity contribution in [2.45, 2.75) is 38.7 Å². The molecule has 2 nitrogen and oxygen atoms in total. The Balaban J connectivity index is 2.01. The third-order valence-electron chi connectivity index (χ3n) is 2.70. The molecule has 0 aromatic heterocycles. The van der Waals surface area contributed by atoms with Crippen molar-refractivity contribution in [3.05, 3.63) is 0 Å². The van der Waals surface area contributed by atoms with Crippen molar-refractivity contribution >= 4 is 17.5 Å². The molecule has 1 fully saturated rings. The molecular weight excluding hydrogens is 196 g/mol. The van der Waals surface area contributed by atoms with E-state index in [2.05, 4.69) is 0 Å². The van der Waals surface area contributed by atoms with Gasteiger partial charge in [-0.2, -0.15) is 11.8 Å². The lowest BCUT2D eigenvalue weighted by atomic mass is 9.79. The van der Waals surface area contributed by atoms with Gasteiger partial charge in [-0.3, -0.25) is 4.79 Å². The molecule has 0 amide bonds. The van der Waals surface area contributed by atoms with Crippen LogP contribution in [0.5, 0.6) is 0 Å². The van der Waals surface area contributed by atoms with Gasteiger partial charge in [0.2, 0.25) is 0 Å². The number of carbonyl (C=O) groups excluding carboxylic acids is 1. The van der Waals surface area contributed by atoms with Crippen molar-refractivity contribution in [1.82, 2.24) is 0 Å². The van der Waals surface area contributed by atoms with Crippen LogP contribution in [0.3, 0.4) is 0 Å². The molecule has 0 atom stereocenters. The summed E-state index contributed by atoms with van der Waals surface area (Å²) in [5.74, 6) is 2.01. The molecule has 0 aromatic rings. The lowest BCUT2D eigenvalue weighted by Gasteiger charge is -2.34. The molecule has 0 spiro atoms. The second kappa shape index (κ2) is 6.46. The van der Waals surface area contributed by atoms with Gasteiger partial charge in [-0.1, -0.05) is 0 Å². The molecule has 82 valence electrons. The van der Waals surface area contributed by atoms with Gasteiger partial charge in [0.15, 0.2) is 0 Å². The van der Waals surface area contributed by atoms with E-state index in [1.54, 1.807) is 11.8 Å². The van der Waals surface area contributed by atoms with Crippen molar-refractivity contribution in [2.24, 2.45) is 5.92 Å². The SMILES string of the molecule is CCOC1CC(CC(=O)CCSC)C1. The van der Waals surface area contributed by atoms with E-state index in [0.29, 0.717) is 17.8 Å². The fourth-order valence-corrected chi connectivity index (χ4v) is 2.28. The van der Waals surface area contributed by atoms with E-state index in [1.165, 1.54) is 0 Å². The molecule has 0 heterocycles. The van der Waals surface area contributed by atoms with Gasteiger partial charge in [0.25, 0.3) is 0 Å². The Morgan fingerprint density at radius 3 is 2.79 bits per heavy atom. The van der Waals surface area contributed by atoms with Gasteiger partial charge in [0.1, 0.15) is 5.78 Å². The molecule has 0 aromatic carbocycles. The summed E-state index contributed by atoms with van der Waals surface area (Å²) in [5.41, 5.74) is 0. The topological polar surface area (TPSA) is 26.3 Å². The number of hydrogen-bond acceptors (Lipinski definition) is 3. The van der Waals surface area contributed by atoms with E-state index in [4.69, 9.17) is 4.74 Å². The van der Waals surface area contributed by atoms with Gasteiger partial charge in [0, 0.05) is 19.4 Å². The van der Waals surface area contributed by atoms with Gasteiger partial charge in [-0.05, 0) is 37.7 Å². The Morgan fingerprint density at radius 1 is 1.50 bits per heavy atom. The Labute approximate surface area is 90.8 Å². The molecule has 0 radical (unpaired) electrons. The molecular formula is C11H20O2S. The summed E-state index contributed by atoms with van der Waals surface area (Å²) >= 11 is 1.75. The average molecular weight is 216 g/mol. The summed E-state index contributed by atoms with van der Waals surface area (Å²) in [6.45, 7) is 2.83. The molecule has 14 heavy (non-hydrogen) atoms. The predicted octanol–water partition coefficient (Wildman–Crippen LogP) is 2.51. The summed E-state index contributed by atoms with van der Waals surface area (Å²) in [6, 6.07) is 0. The van der Waals surface area contributed by atoms with Crippen LogP contribution in [0.4, 0.5) is 0 Å². The highest BCUT2D eigenvalue weighted by Crippen LogP contribution is 2.33. The number of hydrogen-bond donors (Lipinski definition) is 0. The molecule has 3 heteroatoms. The third-order valence-corrected chi connectivity index (χ3v) is 3.31. The molecule has 1 rings (SSSR count). The smallest absolute Gasteiger partial charge is 0.134 e. The quantitative estimate of drug-likeness (QED) is 0.654. The highest BCUT2D eigenvalue weighted by atomic mass is 32.2. The molecule has 0 aliphatic heterocycles. The number of ketones is 1. The highest BCUT2D eigenvalue weighted by Gasteiger charge is 2.30. The summed E-state index contributed by atoms with van der Waals surface area (Å²) in [7, 11) is 0. The van der Waals surface area contributed by atoms with Crippen molar-refractivity contribution in [1.29, 1.82) is 0 Å². The first-order valence-corrected chi connectivity index (χ1v) is 6.77. The van der Waals surface area contributed by atoms with Crippen LogP contribution in [-0.4, -0.2) is 30.5 Å². The van der Waals surface area contributed by atoms with E-state index >= 15 is 0 Å².